The van der Waals surface area contributed by atoms with Crippen LogP contribution < -0.4 is 9.46 Å². The third-order valence-electron chi connectivity index (χ3n) is 4.21. The molecule has 1 N–H and O–H groups in total. The summed E-state index contributed by atoms with van der Waals surface area (Å²) in [5, 5.41) is 0. The van der Waals surface area contributed by atoms with Gasteiger partial charge in [0.15, 0.2) is 0 Å². The van der Waals surface area contributed by atoms with Crippen LogP contribution in [0.1, 0.15) is 31.7 Å². The summed E-state index contributed by atoms with van der Waals surface area (Å²) in [6.45, 7) is 4.17. The third-order valence-corrected chi connectivity index (χ3v) is 4.99. The molecular formula is C16H24N2O4S. The molecule has 2 rings (SSSR count). The first kappa shape index (κ1) is 17.7. The van der Waals surface area contributed by atoms with Crippen molar-refractivity contribution in [3.05, 3.63) is 29.8 Å². The van der Waals surface area contributed by atoms with Crippen LogP contribution in [0.5, 0.6) is 5.75 Å². The van der Waals surface area contributed by atoms with Crippen LogP contribution in [0.2, 0.25) is 0 Å². The van der Waals surface area contributed by atoms with Crippen molar-refractivity contribution in [2.45, 2.75) is 38.3 Å². The number of carbonyl (C=O) groups excluding carboxylic acids is 1. The maximum atomic E-state index is 12.5. The smallest absolute Gasteiger partial charge is 0.240 e. The number of hydrogen-bond donors (Lipinski definition) is 1. The highest BCUT2D eigenvalue weighted by Crippen LogP contribution is 2.32. The van der Waals surface area contributed by atoms with Crippen molar-refractivity contribution in [1.82, 2.24) is 9.62 Å². The Morgan fingerprint density at radius 2 is 1.96 bits per heavy atom. The van der Waals surface area contributed by atoms with Gasteiger partial charge in [0.1, 0.15) is 5.75 Å². The highest BCUT2D eigenvalue weighted by atomic mass is 32.2. The molecule has 1 saturated heterocycles. The monoisotopic (exact) mass is 340 g/mol. The maximum Gasteiger partial charge on any atom is 0.240 e. The van der Waals surface area contributed by atoms with Crippen molar-refractivity contribution < 1.29 is 17.9 Å². The van der Waals surface area contributed by atoms with E-state index in [4.69, 9.17) is 4.74 Å². The molecule has 1 aromatic rings. The van der Waals surface area contributed by atoms with Crippen LogP contribution in [-0.2, 0) is 14.8 Å². The number of rotatable bonds is 5. The second kappa shape index (κ2) is 6.88. The molecule has 7 heteroatoms. The fourth-order valence-corrected chi connectivity index (χ4v) is 3.82. The van der Waals surface area contributed by atoms with Crippen LogP contribution in [0.25, 0.3) is 0 Å². The van der Waals surface area contributed by atoms with Crippen LogP contribution in [0.3, 0.4) is 0 Å². The molecule has 1 aliphatic rings. The van der Waals surface area contributed by atoms with Gasteiger partial charge in [-0.2, -0.15) is 0 Å². The number of likely N-dealkylation sites (tertiary alicyclic amines) is 1. The lowest BCUT2D eigenvalue weighted by Crippen LogP contribution is -2.47. The molecule has 0 aliphatic carbocycles. The van der Waals surface area contributed by atoms with Crippen molar-refractivity contribution >= 4 is 15.9 Å². The Bertz CT molecular complexity index is 657. The van der Waals surface area contributed by atoms with Crippen molar-refractivity contribution in [2.75, 3.05) is 19.9 Å². The molecule has 1 aromatic carbocycles. The largest absolute Gasteiger partial charge is 0.497 e. The maximum absolute atomic E-state index is 12.5. The van der Waals surface area contributed by atoms with Gasteiger partial charge in [-0.1, -0.05) is 12.1 Å². The summed E-state index contributed by atoms with van der Waals surface area (Å²) in [6, 6.07) is 7.20. The molecule has 1 heterocycles. The van der Waals surface area contributed by atoms with Crippen molar-refractivity contribution in [2.24, 2.45) is 0 Å². The number of methoxy groups -OCH3 is 1. The van der Waals surface area contributed by atoms with Crippen molar-refractivity contribution in [3.8, 4) is 5.75 Å². The second-order valence-electron chi connectivity index (χ2n) is 6.16. The SMILES string of the molecule is COc1ccc([C@@H]2C[C@H](C)N(C(=O)[C@@H](C)NS(C)(=O)=O)C2)cc1. The highest BCUT2D eigenvalue weighted by Gasteiger charge is 2.35. The van der Waals surface area contributed by atoms with Gasteiger partial charge in [-0.05, 0) is 38.0 Å². The van der Waals surface area contributed by atoms with E-state index >= 15 is 0 Å². The standard InChI is InChI=1S/C16H24N2O4S/c1-11-9-14(13-5-7-15(22-3)8-6-13)10-18(11)16(19)12(2)17-23(4,20)21/h5-8,11-12,14,17H,9-10H2,1-4H3/t11-,12+,14+/m0/s1. The van der Waals surface area contributed by atoms with Crippen LogP contribution in [0.15, 0.2) is 24.3 Å². The van der Waals surface area contributed by atoms with Crippen LogP contribution in [0.4, 0.5) is 0 Å². The number of ether oxygens (including phenoxy) is 1. The first-order valence-electron chi connectivity index (χ1n) is 7.63. The molecule has 1 aliphatic heterocycles. The Morgan fingerprint density at radius 1 is 1.35 bits per heavy atom. The Labute approximate surface area is 137 Å². The summed E-state index contributed by atoms with van der Waals surface area (Å²) in [4.78, 5) is 14.3. The zero-order valence-corrected chi connectivity index (χ0v) is 14.8. The molecule has 3 atom stereocenters. The molecule has 6 nitrogen and oxygen atoms in total. The molecule has 0 bridgehead atoms. The van der Waals surface area contributed by atoms with Crippen molar-refractivity contribution in [1.29, 1.82) is 0 Å². The van der Waals surface area contributed by atoms with Crippen LogP contribution in [0, 0.1) is 0 Å². The summed E-state index contributed by atoms with van der Waals surface area (Å²) in [5.41, 5.74) is 1.16. The van der Waals surface area contributed by atoms with E-state index in [1.165, 1.54) is 0 Å². The summed E-state index contributed by atoms with van der Waals surface area (Å²) in [6.07, 6.45) is 1.92. The minimum absolute atomic E-state index is 0.0819. The van der Waals surface area contributed by atoms with Gasteiger partial charge in [-0.25, -0.2) is 13.1 Å². The van der Waals surface area contributed by atoms with Gasteiger partial charge >= 0.3 is 0 Å². The van der Waals surface area contributed by atoms with Gasteiger partial charge in [0.2, 0.25) is 15.9 Å². The lowest BCUT2D eigenvalue weighted by molar-refractivity contribution is -0.133. The Balaban J connectivity index is 2.06. The van der Waals surface area contributed by atoms with E-state index in [9.17, 15) is 13.2 Å². The topological polar surface area (TPSA) is 75.7 Å². The predicted molar refractivity (Wildman–Crippen MR) is 89.0 cm³/mol. The number of nitrogens with zero attached hydrogens (tertiary/aromatic N) is 1. The fourth-order valence-electron chi connectivity index (χ4n) is 3.08. The van der Waals surface area contributed by atoms with E-state index in [0.29, 0.717) is 6.54 Å². The van der Waals surface area contributed by atoms with Crippen LogP contribution >= 0.6 is 0 Å². The number of benzene rings is 1. The summed E-state index contributed by atoms with van der Waals surface area (Å²) < 4.78 is 30.1. The normalized spacial score (nSPS) is 22.9. The minimum Gasteiger partial charge on any atom is -0.497 e. The number of sulfonamides is 1. The quantitative estimate of drug-likeness (QED) is 0.877. The lowest BCUT2D eigenvalue weighted by Gasteiger charge is -2.25. The van der Waals surface area contributed by atoms with Gasteiger partial charge in [0.05, 0.1) is 19.4 Å². The van der Waals surface area contributed by atoms with E-state index < -0.39 is 16.1 Å². The van der Waals surface area contributed by atoms with Crippen LogP contribution in [-0.4, -0.2) is 51.2 Å². The Morgan fingerprint density at radius 3 is 2.48 bits per heavy atom. The van der Waals surface area contributed by atoms with Gasteiger partial charge in [0, 0.05) is 18.5 Å². The van der Waals surface area contributed by atoms with Gasteiger partial charge in [0.25, 0.3) is 0 Å². The zero-order chi connectivity index (χ0) is 17.2. The highest BCUT2D eigenvalue weighted by molar-refractivity contribution is 7.88. The molecule has 0 aromatic heterocycles. The first-order chi connectivity index (χ1) is 10.7. The second-order valence-corrected chi connectivity index (χ2v) is 7.94. The lowest BCUT2D eigenvalue weighted by atomic mass is 9.97. The first-order valence-corrected chi connectivity index (χ1v) is 9.52. The molecule has 23 heavy (non-hydrogen) atoms. The summed E-state index contributed by atoms with van der Waals surface area (Å²) in [7, 11) is -1.77. The molecule has 128 valence electrons. The van der Waals surface area contributed by atoms with E-state index in [2.05, 4.69) is 4.72 Å². The van der Waals surface area contributed by atoms with Gasteiger partial charge in [-0.3, -0.25) is 4.79 Å². The fraction of sp³-hybridized carbons (Fsp3) is 0.562. The molecular weight excluding hydrogens is 316 g/mol. The van der Waals surface area contributed by atoms with E-state index in [1.54, 1.807) is 18.9 Å². The predicted octanol–water partition coefficient (Wildman–Crippen LogP) is 1.34. The average molecular weight is 340 g/mol. The van der Waals surface area contributed by atoms with Gasteiger partial charge < -0.3 is 9.64 Å². The number of nitrogens with one attached hydrogen (secondary N) is 1. The van der Waals surface area contributed by atoms with E-state index in [1.807, 2.05) is 31.2 Å². The molecule has 0 radical (unpaired) electrons. The van der Waals surface area contributed by atoms with Crippen molar-refractivity contribution in [3.63, 3.8) is 0 Å². The Kier molecular flexibility index (Phi) is 5.31. The van der Waals surface area contributed by atoms with E-state index in [-0.39, 0.29) is 17.9 Å². The number of hydrogen-bond acceptors (Lipinski definition) is 4. The average Bonchev–Trinajstić information content (AvgIpc) is 2.86. The number of carbonyl (C=O) groups is 1. The molecule has 0 spiro atoms. The summed E-state index contributed by atoms with van der Waals surface area (Å²) >= 11 is 0. The molecule has 0 saturated carbocycles. The third kappa shape index (κ3) is 4.45. The zero-order valence-electron chi connectivity index (χ0n) is 13.9. The summed E-state index contributed by atoms with van der Waals surface area (Å²) in [5.74, 6) is 0.878. The Hall–Kier alpha value is -1.60. The molecule has 0 unspecified atom stereocenters. The molecule has 1 fully saturated rings. The molecule has 1 amide bonds. The van der Waals surface area contributed by atoms with Gasteiger partial charge in [-0.15, -0.1) is 0 Å². The van der Waals surface area contributed by atoms with E-state index in [0.717, 1.165) is 24.0 Å². The minimum atomic E-state index is -3.40. The number of amides is 1.